The smallest absolute Gasteiger partial charge is 0.414 e. The monoisotopic (exact) mass is 479 g/mol. The van der Waals surface area contributed by atoms with Gasteiger partial charge in [0.2, 0.25) is 5.82 Å². The molecule has 10 nitrogen and oxygen atoms in total. The molecule has 11 heteroatoms. The highest BCUT2D eigenvalue weighted by atomic mass is 32.2. The lowest BCUT2D eigenvalue weighted by molar-refractivity contribution is -0.141. The van der Waals surface area contributed by atoms with Crippen LogP contribution in [0.5, 0.6) is 0 Å². The number of aromatic amines is 1. The molecule has 0 saturated carbocycles. The van der Waals surface area contributed by atoms with E-state index in [-0.39, 0.29) is 30.8 Å². The summed E-state index contributed by atoms with van der Waals surface area (Å²) < 4.78 is 5.46. The van der Waals surface area contributed by atoms with Crippen molar-refractivity contribution < 1.29 is 24.2 Å². The van der Waals surface area contributed by atoms with Gasteiger partial charge in [0.05, 0.1) is 0 Å². The minimum absolute atomic E-state index is 0.0904. The average molecular weight is 480 g/mol. The second-order valence-corrected chi connectivity index (χ2v) is 9.04. The second-order valence-electron chi connectivity index (χ2n) is 7.89. The quantitative estimate of drug-likeness (QED) is 0.508. The van der Waals surface area contributed by atoms with Crippen LogP contribution in [0.2, 0.25) is 0 Å². The topological polar surface area (TPSA) is 138 Å². The van der Waals surface area contributed by atoms with Crippen molar-refractivity contribution in [3.8, 4) is 11.1 Å². The van der Waals surface area contributed by atoms with E-state index >= 15 is 0 Å². The summed E-state index contributed by atoms with van der Waals surface area (Å²) in [6.07, 6.45) is -0.752. The highest BCUT2D eigenvalue weighted by Crippen LogP contribution is 2.44. The van der Waals surface area contributed by atoms with Crippen LogP contribution in [0.25, 0.3) is 11.1 Å². The van der Waals surface area contributed by atoms with Gasteiger partial charge >= 0.3 is 12.1 Å². The predicted molar refractivity (Wildman–Crippen MR) is 125 cm³/mol. The van der Waals surface area contributed by atoms with Crippen molar-refractivity contribution in [2.45, 2.75) is 12.0 Å². The molecule has 2 aromatic carbocycles. The van der Waals surface area contributed by atoms with Gasteiger partial charge in [0.15, 0.2) is 0 Å². The first-order valence-corrected chi connectivity index (χ1v) is 11.8. The highest BCUT2D eigenvalue weighted by molar-refractivity contribution is 7.99. The average Bonchev–Trinajstić information content (AvgIpc) is 3.45. The summed E-state index contributed by atoms with van der Waals surface area (Å²) in [6.45, 7) is 0.415. The van der Waals surface area contributed by atoms with Crippen LogP contribution in [0, 0.1) is 0 Å². The molecule has 0 bridgehead atoms. The number of hydrogen-bond donors (Lipinski definition) is 3. The van der Waals surface area contributed by atoms with E-state index in [2.05, 4.69) is 32.6 Å². The number of hydrogen-bond acceptors (Lipinski definition) is 7. The SMILES string of the molecule is O=C(Nc1n[nH]c(C(=O)N2CCSCC2C(=O)O)n1)OCC1c2ccccc2-c2ccccc21. The minimum Gasteiger partial charge on any atom is -0.480 e. The molecule has 0 radical (unpaired) electrons. The first kappa shape index (κ1) is 22.0. The summed E-state index contributed by atoms with van der Waals surface area (Å²) in [5, 5.41) is 18.1. The Kier molecular flexibility index (Phi) is 5.93. The maximum atomic E-state index is 12.7. The van der Waals surface area contributed by atoms with Gasteiger partial charge in [-0.2, -0.15) is 16.7 Å². The number of rotatable bonds is 5. The molecule has 2 amide bonds. The highest BCUT2D eigenvalue weighted by Gasteiger charge is 2.34. The van der Waals surface area contributed by atoms with Gasteiger partial charge in [-0.05, 0) is 22.3 Å². The molecule has 1 atom stereocenters. The van der Waals surface area contributed by atoms with E-state index in [1.807, 2.05) is 36.4 Å². The minimum atomic E-state index is -1.07. The zero-order chi connectivity index (χ0) is 23.7. The fourth-order valence-electron chi connectivity index (χ4n) is 4.33. The van der Waals surface area contributed by atoms with Crippen LogP contribution in [-0.2, 0) is 9.53 Å². The lowest BCUT2D eigenvalue weighted by Crippen LogP contribution is -2.50. The van der Waals surface area contributed by atoms with Gasteiger partial charge in [0, 0.05) is 24.0 Å². The summed E-state index contributed by atoms with van der Waals surface area (Å²) in [7, 11) is 0. The van der Waals surface area contributed by atoms with Gasteiger partial charge in [-0.15, -0.1) is 5.10 Å². The van der Waals surface area contributed by atoms with Crippen LogP contribution in [0.1, 0.15) is 27.7 Å². The Labute approximate surface area is 198 Å². The van der Waals surface area contributed by atoms with E-state index in [1.165, 1.54) is 16.7 Å². The van der Waals surface area contributed by atoms with E-state index in [9.17, 15) is 19.5 Å². The Hall–Kier alpha value is -3.86. The number of thioether (sulfide) groups is 1. The van der Waals surface area contributed by atoms with Crippen LogP contribution >= 0.6 is 11.8 Å². The predicted octanol–water partition coefficient (Wildman–Crippen LogP) is 2.81. The summed E-state index contributed by atoms with van der Waals surface area (Å²) >= 11 is 1.47. The van der Waals surface area contributed by atoms with Gasteiger partial charge in [-0.3, -0.25) is 15.2 Å². The lowest BCUT2D eigenvalue weighted by atomic mass is 9.98. The first-order chi connectivity index (χ1) is 16.5. The van der Waals surface area contributed by atoms with Crippen molar-refractivity contribution in [1.82, 2.24) is 20.1 Å². The number of carboxylic acids is 1. The third kappa shape index (κ3) is 4.10. The number of anilines is 1. The van der Waals surface area contributed by atoms with Crippen molar-refractivity contribution in [1.29, 1.82) is 0 Å². The van der Waals surface area contributed by atoms with Crippen LogP contribution in [-0.4, -0.2) is 73.9 Å². The molecule has 0 spiro atoms. The number of aromatic nitrogens is 3. The number of fused-ring (bicyclic) bond motifs is 3. The molecular weight excluding hydrogens is 458 g/mol. The van der Waals surface area contributed by atoms with Crippen molar-refractivity contribution in [3.05, 3.63) is 65.5 Å². The summed E-state index contributed by atoms with van der Waals surface area (Å²) in [5.74, 6) is -1.08. The van der Waals surface area contributed by atoms with Crippen LogP contribution in [0.4, 0.5) is 10.7 Å². The molecule has 1 aliphatic carbocycles. The molecule has 1 saturated heterocycles. The Morgan fingerprint density at radius 1 is 1.12 bits per heavy atom. The number of nitrogens with zero attached hydrogens (tertiary/aromatic N) is 3. The summed E-state index contributed by atoms with van der Waals surface area (Å²) in [4.78, 5) is 41.8. The summed E-state index contributed by atoms with van der Waals surface area (Å²) in [5.41, 5.74) is 4.44. The maximum Gasteiger partial charge on any atom is 0.414 e. The largest absolute Gasteiger partial charge is 0.480 e. The molecule has 34 heavy (non-hydrogen) atoms. The van der Waals surface area contributed by atoms with Crippen molar-refractivity contribution in [2.24, 2.45) is 0 Å². The molecule has 3 aromatic rings. The van der Waals surface area contributed by atoms with Gasteiger partial charge in [0.1, 0.15) is 12.6 Å². The van der Waals surface area contributed by atoms with Crippen LogP contribution in [0.3, 0.4) is 0 Å². The molecule has 1 aliphatic heterocycles. The number of amides is 2. The number of carbonyl (C=O) groups is 3. The Morgan fingerprint density at radius 2 is 1.79 bits per heavy atom. The molecule has 5 rings (SSSR count). The van der Waals surface area contributed by atoms with Crippen molar-refractivity contribution in [3.63, 3.8) is 0 Å². The number of ether oxygens (including phenoxy) is 1. The molecule has 3 N–H and O–H groups in total. The third-order valence-corrected chi connectivity index (χ3v) is 6.94. The number of carboxylic acid groups (broad SMARTS) is 1. The molecule has 2 aliphatic rings. The molecule has 2 heterocycles. The summed E-state index contributed by atoms with van der Waals surface area (Å²) in [6, 6.07) is 15.1. The Balaban J connectivity index is 1.23. The van der Waals surface area contributed by atoms with E-state index < -0.39 is 24.0 Å². The van der Waals surface area contributed by atoms with Crippen LogP contribution in [0.15, 0.2) is 48.5 Å². The number of aliphatic carboxylic acids is 1. The van der Waals surface area contributed by atoms with Gasteiger partial charge in [-0.25, -0.2) is 9.59 Å². The van der Waals surface area contributed by atoms with E-state index in [1.54, 1.807) is 0 Å². The van der Waals surface area contributed by atoms with E-state index in [0.29, 0.717) is 11.5 Å². The normalized spacial score (nSPS) is 17.1. The van der Waals surface area contributed by atoms with E-state index in [0.717, 1.165) is 22.3 Å². The van der Waals surface area contributed by atoms with Gasteiger partial charge < -0.3 is 14.7 Å². The Morgan fingerprint density at radius 3 is 2.47 bits per heavy atom. The van der Waals surface area contributed by atoms with Crippen LogP contribution < -0.4 is 5.32 Å². The lowest BCUT2D eigenvalue weighted by Gasteiger charge is -2.31. The standard InChI is InChI=1S/C23H21N5O5S/c29-20(28-9-10-34-12-18(28)21(30)31)19-24-22(27-26-19)25-23(32)33-11-17-15-7-3-1-5-13(15)14-6-2-4-8-16(14)17/h1-8,17-18H,9-12H2,(H,30,31)(H2,24,25,26,27,32). The first-order valence-electron chi connectivity index (χ1n) is 10.7. The number of nitrogens with one attached hydrogen (secondary N) is 2. The zero-order valence-corrected chi connectivity index (χ0v) is 18.7. The maximum absolute atomic E-state index is 12.7. The fraction of sp³-hybridized carbons (Fsp3) is 0.261. The number of H-pyrrole nitrogens is 1. The molecule has 174 valence electrons. The molecule has 1 unspecified atom stereocenters. The Bertz CT molecular complexity index is 1220. The number of benzene rings is 2. The second kappa shape index (κ2) is 9.18. The molecule has 1 aromatic heterocycles. The van der Waals surface area contributed by atoms with E-state index in [4.69, 9.17) is 4.74 Å². The zero-order valence-electron chi connectivity index (χ0n) is 17.9. The van der Waals surface area contributed by atoms with Crippen molar-refractivity contribution in [2.75, 3.05) is 30.0 Å². The van der Waals surface area contributed by atoms with Crippen molar-refractivity contribution >= 4 is 35.7 Å². The van der Waals surface area contributed by atoms with Gasteiger partial charge in [0.25, 0.3) is 11.9 Å². The molecule has 1 fully saturated rings. The van der Waals surface area contributed by atoms with Gasteiger partial charge in [-0.1, -0.05) is 48.5 Å². The number of carbonyl (C=O) groups excluding carboxylic acids is 2. The fourth-order valence-corrected chi connectivity index (χ4v) is 5.36. The third-order valence-electron chi connectivity index (χ3n) is 5.92. The molecular formula is C23H21N5O5S.